The number of hydrogen-bond acceptors (Lipinski definition) is 2. The molecule has 1 aliphatic carbocycles. The summed E-state index contributed by atoms with van der Waals surface area (Å²) in [5.41, 5.74) is -2.64. The van der Waals surface area contributed by atoms with Crippen molar-refractivity contribution in [3.63, 3.8) is 0 Å². The van der Waals surface area contributed by atoms with E-state index in [0.717, 1.165) is 25.1 Å². The Kier molecular flexibility index (Phi) is 3.29. The van der Waals surface area contributed by atoms with Gasteiger partial charge in [0.2, 0.25) is 0 Å². The highest BCUT2D eigenvalue weighted by molar-refractivity contribution is 8.00. The molecule has 19 heavy (non-hydrogen) atoms. The molecule has 1 N–H and O–H groups in total. The van der Waals surface area contributed by atoms with E-state index in [1.807, 2.05) is 6.07 Å². The van der Waals surface area contributed by atoms with Crippen LogP contribution in [0.1, 0.15) is 18.4 Å². The van der Waals surface area contributed by atoms with Crippen molar-refractivity contribution in [3.05, 3.63) is 29.8 Å². The number of nitrogens with one attached hydrogen (secondary N) is 1. The van der Waals surface area contributed by atoms with E-state index in [9.17, 15) is 13.2 Å². The summed E-state index contributed by atoms with van der Waals surface area (Å²) < 4.78 is 37.0. The summed E-state index contributed by atoms with van der Waals surface area (Å²) in [4.78, 5) is 0.296. The van der Waals surface area contributed by atoms with Crippen LogP contribution in [0.4, 0.5) is 13.2 Å². The molecule has 104 valence electrons. The van der Waals surface area contributed by atoms with Gasteiger partial charge in [-0.2, -0.15) is 13.2 Å². The van der Waals surface area contributed by atoms with Gasteiger partial charge in [0.1, 0.15) is 0 Å². The van der Waals surface area contributed by atoms with E-state index in [1.54, 1.807) is 12.1 Å². The molecule has 2 aliphatic rings. The van der Waals surface area contributed by atoms with Gasteiger partial charge in [-0.15, -0.1) is 0 Å². The molecule has 1 saturated heterocycles. The lowest BCUT2D eigenvalue weighted by Crippen LogP contribution is -2.60. The summed E-state index contributed by atoms with van der Waals surface area (Å²) in [6.07, 6.45) is 3.35. The molecule has 0 aromatic heterocycles. The number of rotatable bonds is 3. The van der Waals surface area contributed by atoms with E-state index in [-0.39, 0.29) is 11.8 Å². The number of halogens is 3. The zero-order chi connectivity index (χ0) is 13.5. The van der Waals surface area contributed by atoms with Crippen LogP contribution in [0.3, 0.4) is 0 Å². The Morgan fingerprint density at radius 2 is 2.00 bits per heavy atom. The summed E-state index contributed by atoms with van der Waals surface area (Å²) in [6.45, 7) is 2.24. The fourth-order valence-corrected chi connectivity index (χ4v) is 3.90. The Balaban J connectivity index is 1.58. The third kappa shape index (κ3) is 3.08. The van der Waals surface area contributed by atoms with Crippen LogP contribution >= 0.6 is 11.8 Å². The summed E-state index contributed by atoms with van der Waals surface area (Å²) in [6, 6.07) is 6.87. The molecule has 0 radical (unpaired) electrons. The van der Waals surface area contributed by atoms with Crippen molar-refractivity contribution < 1.29 is 13.2 Å². The molecular weight excluding hydrogens is 271 g/mol. The highest BCUT2D eigenvalue weighted by Crippen LogP contribution is 2.49. The lowest BCUT2D eigenvalue weighted by molar-refractivity contribution is -0.0328. The largest absolute Gasteiger partial charge is 0.446 e. The van der Waals surface area contributed by atoms with Gasteiger partial charge in [-0.05, 0) is 60.1 Å². The Labute approximate surface area is 115 Å². The average molecular weight is 287 g/mol. The predicted molar refractivity (Wildman–Crippen MR) is 70.1 cm³/mol. The lowest BCUT2D eigenvalue weighted by Gasteiger charge is -2.54. The Morgan fingerprint density at radius 3 is 2.58 bits per heavy atom. The molecule has 1 aliphatic heterocycles. The molecule has 2 fully saturated rings. The number of alkyl halides is 3. The Bertz CT molecular complexity index is 460. The van der Waals surface area contributed by atoms with E-state index in [0.29, 0.717) is 16.2 Å². The molecule has 0 unspecified atom stereocenters. The quantitative estimate of drug-likeness (QED) is 0.848. The Hall–Kier alpha value is -0.680. The monoisotopic (exact) mass is 287 g/mol. The molecule has 0 bridgehead atoms. The lowest BCUT2D eigenvalue weighted by atomic mass is 9.57. The molecule has 1 spiro atoms. The Morgan fingerprint density at radius 1 is 1.26 bits per heavy atom. The van der Waals surface area contributed by atoms with Crippen molar-refractivity contribution in [2.24, 2.45) is 11.3 Å². The van der Waals surface area contributed by atoms with E-state index in [1.165, 1.54) is 18.9 Å². The molecule has 1 aromatic carbocycles. The van der Waals surface area contributed by atoms with Crippen LogP contribution in [0.15, 0.2) is 29.2 Å². The van der Waals surface area contributed by atoms with Crippen molar-refractivity contribution in [3.8, 4) is 0 Å². The number of thioether (sulfide) groups is 1. The number of hydrogen-bond donors (Lipinski definition) is 1. The smallest absolute Gasteiger partial charge is 0.316 e. The molecule has 5 heteroatoms. The highest BCUT2D eigenvalue weighted by atomic mass is 32.2. The summed E-state index contributed by atoms with van der Waals surface area (Å²) in [5.74, 6) is 0.647. The first-order valence-corrected chi connectivity index (χ1v) is 7.31. The molecule has 3 rings (SSSR count). The van der Waals surface area contributed by atoms with Crippen molar-refractivity contribution in [2.45, 2.75) is 29.7 Å². The first-order valence-electron chi connectivity index (χ1n) is 6.50. The van der Waals surface area contributed by atoms with Crippen LogP contribution in [0.2, 0.25) is 0 Å². The van der Waals surface area contributed by atoms with Crippen molar-refractivity contribution >= 4 is 11.8 Å². The second kappa shape index (κ2) is 4.70. The average Bonchev–Trinajstić information content (AvgIpc) is 2.18. The maximum atomic E-state index is 12.3. The van der Waals surface area contributed by atoms with Crippen LogP contribution in [-0.4, -0.2) is 18.6 Å². The van der Waals surface area contributed by atoms with Gasteiger partial charge >= 0.3 is 5.51 Å². The fourth-order valence-electron chi connectivity index (χ4n) is 3.28. The van der Waals surface area contributed by atoms with Gasteiger partial charge in [-0.25, -0.2) is 0 Å². The van der Waals surface area contributed by atoms with Crippen molar-refractivity contribution in [1.29, 1.82) is 0 Å². The minimum absolute atomic E-state index is 0.0269. The highest BCUT2D eigenvalue weighted by Gasteiger charge is 2.47. The zero-order valence-electron chi connectivity index (χ0n) is 10.5. The molecule has 1 saturated carbocycles. The third-order valence-electron chi connectivity index (χ3n) is 4.10. The third-order valence-corrected chi connectivity index (χ3v) is 4.82. The minimum atomic E-state index is -4.20. The van der Waals surface area contributed by atoms with Crippen molar-refractivity contribution in [2.75, 3.05) is 13.1 Å². The normalized spacial score (nSPS) is 22.1. The standard InChI is InChI=1S/C14H16F3NS/c15-14(16,17)19-12-3-1-2-10(5-12)4-11-6-13(7-11)8-18-9-13/h1-3,5,11,18H,4,6-9H2. The molecule has 1 heterocycles. The summed E-state index contributed by atoms with van der Waals surface area (Å²) in [5, 5.41) is 3.29. The van der Waals surface area contributed by atoms with Crippen LogP contribution in [-0.2, 0) is 6.42 Å². The van der Waals surface area contributed by atoms with Crippen LogP contribution in [0, 0.1) is 11.3 Å². The maximum absolute atomic E-state index is 12.3. The van der Waals surface area contributed by atoms with E-state index in [2.05, 4.69) is 5.32 Å². The van der Waals surface area contributed by atoms with Gasteiger partial charge in [-0.1, -0.05) is 12.1 Å². The first-order chi connectivity index (χ1) is 8.94. The molecule has 1 nitrogen and oxygen atoms in total. The van der Waals surface area contributed by atoms with Gasteiger partial charge in [0.05, 0.1) is 0 Å². The van der Waals surface area contributed by atoms with E-state index >= 15 is 0 Å². The van der Waals surface area contributed by atoms with Gasteiger partial charge in [0.25, 0.3) is 0 Å². The summed E-state index contributed by atoms with van der Waals surface area (Å²) in [7, 11) is 0. The van der Waals surface area contributed by atoms with Gasteiger partial charge in [0, 0.05) is 18.0 Å². The fraction of sp³-hybridized carbons (Fsp3) is 0.571. The molecular formula is C14H16F3NS. The number of benzene rings is 1. The van der Waals surface area contributed by atoms with E-state index < -0.39 is 5.51 Å². The van der Waals surface area contributed by atoms with Gasteiger partial charge in [0.15, 0.2) is 0 Å². The van der Waals surface area contributed by atoms with Gasteiger partial charge in [-0.3, -0.25) is 0 Å². The van der Waals surface area contributed by atoms with Crippen molar-refractivity contribution in [1.82, 2.24) is 5.32 Å². The second-order valence-electron chi connectivity index (χ2n) is 5.78. The SMILES string of the molecule is FC(F)(F)Sc1cccc(CC2CC3(CNC3)C2)c1. The van der Waals surface area contributed by atoms with E-state index in [4.69, 9.17) is 0 Å². The van der Waals surface area contributed by atoms with Crippen LogP contribution in [0.25, 0.3) is 0 Å². The second-order valence-corrected chi connectivity index (χ2v) is 6.92. The maximum Gasteiger partial charge on any atom is 0.446 e. The zero-order valence-corrected chi connectivity index (χ0v) is 11.3. The van der Waals surface area contributed by atoms with Crippen LogP contribution < -0.4 is 5.32 Å². The minimum Gasteiger partial charge on any atom is -0.316 e. The molecule has 1 aromatic rings. The van der Waals surface area contributed by atoms with Gasteiger partial charge < -0.3 is 5.32 Å². The first kappa shape index (κ1) is 13.3. The molecule has 0 amide bonds. The molecule has 0 atom stereocenters. The van der Waals surface area contributed by atoms with Crippen LogP contribution in [0.5, 0.6) is 0 Å². The topological polar surface area (TPSA) is 12.0 Å². The predicted octanol–water partition coefficient (Wildman–Crippen LogP) is 3.84. The summed E-state index contributed by atoms with van der Waals surface area (Å²) >= 11 is -0.0269.